The van der Waals surface area contributed by atoms with E-state index in [0.717, 1.165) is 19.5 Å². The Bertz CT molecular complexity index is 198. The summed E-state index contributed by atoms with van der Waals surface area (Å²) in [6, 6.07) is -0.419. The Balaban J connectivity index is 4.09. The van der Waals surface area contributed by atoms with E-state index in [1.807, 2.05) is 34.9 Å². The molecule has 90 valence electrons. The van der Waals surface area contributed by atoms with Gasteiger partial charge in [0.15, 0.2) is 0 Å². The fourth-order valence-electron chi connectivity index (χ4n) is 1.21. The molecule has 4 nitrogen and oxygen atoms in total. The van der Waals surface area contributed by atoms with Gasteiger partial charge in [-0.2, -0.15) is 0 Å². The van der Waals surface area contributed by atoms with Crippen molar-refractivity contribution < 1.29 is 4.79 Å². The average molecular weight is 215 g/mol. The largest absolute Gasteiger partial charge is 0.344 e. The molecule has 0 saturated carbocycles. The van der Waals surface area contributed by atoms with E-state index >= 15 is 0 Å². The molecule has 0 fully saturated rings. The van der Waals surface area contributed by atoms with Gasteiger partial charge in [-0.1, -0.05) is 20.8 Å². The van der Waals surface area contributed by atoms with Gasteiger partial charge in [0, 0.05) is 13.6 Å². The molecule has 0 aromatic heterocycles. The monoisotopic (exact) mass is 215 g/mol. The maximum absolute atomic E-state index is 11.9. The lowest BCUT2D eigenvalue weighted by atomic mass is 9.86. The number of likely N-dealkylation sites (N-methyl/N-ethyl adjacent to an activating group) is 1. The molecule has 0 saturated heterocycles. The van der Waals surface area contributed by atoms with E-state index in [9.17, 15) is 4.79 Å². The third kappa shape index (κ3) is 5.14. The summed E-state index contributed by atoms with van der Waals surface area (Å²) in [6.45, 7) is 7.62. The maximum Gasteiger partial charge on any atom is 0.239 e. The van der Waals surface area contributed by atoms with Crippen LogP contribution in [0.4, 0.5) is 0 Å². The molecule has 0 spiro atoms. The highest BCUT2D eigenvalue weighted by Crippen LogP contribution is 2.18. The Hall–Kier alpha value is -0.610. The summed E-state index contributed by atoms with van der Waals surface area (Å²) in [4.78, 5) is 13.6. The molecule has 15 heavy (non-hydrogen) atoms. The van der Waals surface area contributed by atoms with Crippen LogP contribution in [0.2, 0.25) is 0 Å². The molecule has 0 aliphatic heterocycles. The quantitative estimate of drug-likeness (QED) is 0.654. The van der Waals surface area contributed by atoms with Crippen molar-refractivity contribution in [2.24, 2.45) is 11.1 Å². The van der Waals surface area contributed by atoms with E-state index in [4.69, 9.17) is 5.73 Å². The normalized spacial score (nSPS) is 13.7. The topological polar surface area (TPSA) is 58.4 Å². The molecule has 4 heteroatoms. The Labute approximate surface area is 93.2 Å². The van der Waals surface area contributed by atoms with Crippen LogP contribution in [0.1, 0.15) is 27.2 Å². The van der Waals surface area contributed by atoms with E-state index in [1.165, 1.54) is 0 Å². The Morgan fingerprint density at radius 3 is 2.40 bits per heavy atom. The van der Waals surface area contributed by atoms with Crippen LogP contribution in [0, 0.1) is 5.41 Å². The second-order valence-electron chi connectivity index (χ2n) is 5.06. The van der Waals surface area contributed by atoms with E-state index in [-0.39, 0.29) is 11.3 Å². The highest BCUT2D eigenvalue weighted by Gasteiger charge is 2.29. The summed E-state index contributed by atoms with van der Waals surface area (Å²) in [7, 11) is 3.71. The highest BCUT2D eigenvalue weighted by molar-refractivity contribution is 5.82. The summed E-state index contributed by atoms with van der Waals surface area (Å²) in [5, 5.41) is 3.05. The van der Waals surface area contributed by atoms with Crippen molar-refractivity contribution in [2.75, 3.05) is 27.2 Å². The van der Waals surface area contributed by atoms with Crippen molar-refractivity contribution in [3.63, 3.8) is 0 Å². The minimum Gasteiger partial charge on any atom is -0.344 e. The Kier molecular flexibility index (Phi) is 5.83. The lowest BCUT2D eigenvalue weighted by Gasteiger charge is -2.30. The highest BCUT2D eigenvalue weighted by atomic mass is 16.2. The zero-order valence-electron chi connectivity index (χ0n) is 10.6. The second-order valence-corrected chi connectivity index (χ2v) is 5.06. The average Bonchev–Trinajstić information content (AvgIpc) is 2.14. The number of hydrogen-bond acceptors (Lipinski definition) is 3. The number of rotatable bonds is 5. The van der Waals surface area contributed by atoms with Crippen LogP contribution in [-0.4, -0.2) is 44.0 Å². The summed E-state index contributed by atoms with van der Waals surface area (Å²) in [5.74, 6) is 0.0265. The fraction of sp³-hybridized carbons (Fsp3) is 0.909. The van der Waals surface area contributed by atoms with Gasteiger partial charge >= 0.3 is 0 Å². The van der Waals surface area contributed by atoms with Gasteiger partial charge in [-0.05, 0) is 25.4 Å². The molecule has 0 heterocycles. The van der Waals surface area contributed by atoms with Crippen molar-refractivity contribution in [3.8, 4) is 0 Å². The minimum absolute atomic E-state index is 0.0265. The van der Waals surface area contributed by atoms with E-state index < -0.39 is 6.04 Å². The molecular weight excluding hydrogens is 190 g/mol. The number of carbonyl (C=O) groups excluding carboxylic acids is 1. The first-order valence-corrected chi connectivity index (χ1v) is 5.46. The van der Waals surface area contributed by atoms with Crippen molar-refractivity contribution in [1.29, 1.82) is 0 Å². The third-order valence-electron chi connectivity index (χ3n) is 2.50. The van der Waals surface area contributed by atoms with Gasteiger partial charge in [0.2, 0.25) is 5.91 Å². The van der Waals surface area contributed by atoms with Crippen molar-refractivity contribution in [2.45, 2.75) is 33.2 Å². The molecule has 0 unspecified atom stereocenters. The molecular formula is C11H25N3O. The minimum atomic E-state index is -0.419. The van der Waals surface area contributed by atoms with Crippen LogP contribution in [0.5, 0.6) is 0 Å². The molecule has 1 atom stereocenters. The first kappa shape index (κ1) is 14.4. The predicted octanol–water partition coefficient (Wildman–Crippen LogP) is 0.428. The van der Waals surface area contributed by atoms with Crippen LogP contribution in [-0.2, 0) is 4.79 Å². The SMILES string of the molecule is CNCCCN(C)C(=O)[C@H](N)C(C)(C)C. The van der Waals surface area contributed by atoms with Crippen LogP contribution in [0.15, 0.2) is 0 Å². The van der Waals surface area contributed by atoms with Crippen LogP contribution in [0.25, 0.3) is 0 Å². The van der Waals surface area contributed by atoms with Gasteiger partial charge in [-0.25, -0.2) is 0 Å². The standard InChI is InChI=1S/C11H25N3O/c1-11(2,3)9(12)10(15)14(5)8-6-7-13-4/h9,13H,6-8,12H2,1-5H3/t9-/m0/s1. The summed E-state index contributed by atoms with van der Waals surface area (Å²) >= 11 is 0. The lowest BCUT2D eigenvalue weighted by molar-refractivity contribution is -0.133. The molecule has 0 aliphatic rings. The molecule has 1 amide bonds. The molecule has 3 N–H and O–H groups in total. The number of carbonyl (C=O) groups is 1. The van der Waals surface area contributed by atoms with Crippen molar-refractivity contribution >= 4 is 5.91 Å². The summed E-state index contributed by atoms with van der Waals surface area (Å²) < 4.78 is 0. The van der Waals surface area contributed by atoms with Gasteiger partial charge in [-0.3, -0.25) is 4.79 Å². The number of nitrogens with two attached hydrogens (primary N) is 1. The van der Waals surface area contributed by atoms with Gasteiger partial charge in [0.25, 0.3) is 0 Å². The number of nitrogens with one attached hydrogen (secondary N) is 1. The zero-order chi connectivity index (χ0) is 12.1. The zero-order valence-corrected chi connectivity index (χ0v) is 10.6. The van der Waals surface area contributed by atoms with Gasteiger partial charge in [0.1, 0.15) is 0 Å². The van der Waals surface area contributed by atoms with E-state index in [2.05, 4.69) is 5.32 Å². The maximum atomic E-state index is 11.9. The molecule has 0 rings (SSSR count). The molecule has 0 bridgehead atoms. The van der Waals surface area contributed by atoms with Gasteiger partial charge in [0.05, 0.1) is 6.04 Å². The predicted molar refractivity (Wildman–Crippen MR) is 63.6 cm³/mol. The Morgan fingerprint density at radius 2 is 2.00 bits per heavy atom. The van der Waals surface area contributed by atoms with E-state index in [1.54, 1.807) is 4.90 Å². The van der Waals surface area contributed by atoms with Crippen molar-refractivity contribution in [3.05, 3.63) is 0 Å². The first-order valence-electron chi connectivity index (χ1n) is 5.46. The number of hydrogen-bond donors (Lipinski definition) is 2. The molecule has 0 aromatic rings. The van der Waals surface area contributed by atoms with Gasteiger partial charge < -0.3 is 16.0 Å². The summed E-state index contributed by atoms with van der Waals surface area (Å²) in [5.41, 5.74) is 5.72. The van der Waals surface area contributed by atoms with E-state index in [0.29, 0.717) is 0 Å². The Morgan fingerprint density at radius 1 is 1.47 bits per heavy atom. The fourth-order valence-corrected chi connectivity index (χ4v) is 1.21. The first-order chi connectivity index (χ1) is 6.80. The summed E-state index contributed by atoms with van der Waals surface area (Å²) in [6.07, 6.45) is 0.954. The van der Waals surface area contributed by atoms with Crippen LogP contribution >= 0.6 is 0 Å². The van der Waals surface area contributed by atoms with Crippen molar-refractivity contribution in [1.82, 2.24) is 10.2 Å². The lowest BCUT2D eigenvalue weighted by Crippen LogP contribution is -2.49. The number of nitrogens with zero attached hydrogens (tertiary/aromatic N) is 1. The van der Waals surface area contributed by atoms with Crippen LogP contribution in [0.3, 0.4) is 0 Å². The third-order valence-corrected chi connectivity index (χ3v) is 2.50. The van der Waals surface area contributed by atoms with Crippen LogP contribution < -0.4 is 11.1 Å². The smallest absolute Gasteiger partial charge is 0.239 e. The molecule has 0 radical (unpaired) electrons. The molecule has 0 aliphatic carbocycles. The van der Waals surface area contributed by atoms with Gasteiger partial charge in [-0.15, -0.1) is 0 Å². The molecule has 0 aromatic carbocycles. The number of amides is 1. The second kappa shape index (κ2) is 6.08.